The van der Waals surface area contributed by atoms with Gasteiger partial charge in [0.15, 0.2) is 5.11 Å². The van der Waals surface area contributed by atoms with Gasteiger partial charge in [0.05, 0.1) is 6.04 Å². The van der Waals surface area contributed by atoms with E-state index < -0.39 is 0 Å². The molecule has 164 valence electrons. The van der Waals surface area contributed by atoms with Gasteiger partial charge in [0.25, 0.3) is 11.8 Å². The average molecular weight is 446 g/mol. The lowest BCUT2D eigenvalue weighted by Gasteiger charge is -2.15. The molecule has 3 rings (SSSR count). The summed E-state index contributed by atoms with van der Waals surface area (Å²) in [6, 6.07) is 24.1. The molecule has 1 unspecified atom stereocenters. The van der Waals surface area contributed by atoms with Crippen LogP contribution in [0.15, 0.2) is 78.9 Å². The van der Waals surface area contributed by atoms with Crippen LogP contribution < -0.4 is 16.0 Å². The van der Waals surface area contributed by atoms with Crippen LogP contribution >= 0.6 is 12.2 Å². The summed E-state index contributed by atoms with van der Waals surface area (Å²) < 4.78 is 0. The van der Waals surface area contributed by atoms with Crippen molar-refractivity contribution in [2.45, 2.75) is 32.7 Å². The Morgan fingerprint density at radius 2 is 1.44 bits per heavy atom. The van der Waals surface area contributed by atoms with Gasteiger partial charge in [0.2, 0.25) is 0 Å². The average Bonchev–Trinajstić information content (AvgIpc) is 2.79. The fourth-order valence-corrected chi connectivity index (χ4v) is 3.41. The molecule has 0 aliphatic carbocycles. The van der Waals surface area contributed by atoms with Crippen molar-refractivity contribution in [1.29, 1.82) is 0 Å². The first-order chi connectivity index (χ1) is 15.3. The van der Waals surface area contributed by atoms with Crippen molar-refractivity contribution in [1.82, 2.24) is 10.6 Å². The molecule has 0 heterocycles. The quantitative estimate of drug-likeness (QED) is 0.443. The standard InChI is InChI=1S/C26H27N3O2S/c1-17(2)19-12-14-21(15-13-19)24(30)29-26(32)28-23-11-7-10-22(16-23)25(31)27-18(3)20-8-5-4-6-9-20/h4-18H,1-3H3,(H,27,31)(H2,28,29,30,32). The molecule has 1 atom stereocenters. The molecule has 3 N–H and O–H groups in total. The number of rotatable bonds is 6. The number of anilines is 1. The summed E-state index contributed by atoms with van der Waals surface area (Å²) in [7, 11) is 0. The minimum absolute atomic E-state index is 0.122. The third kappa shape index (κ3) is 6.25. The summed E-state index contributed by atoms with van der Waals surface area (Å²) in [6.45, 7) is 6.14. The van der Waals surface area contributed by atoms with E-state index in [9.17, 15) is 9.59 Å². The number of carbonyl (C=O) groups excluding carboxylic acids is 2. The van der Waals surface area contributed by atoms with Gasteiger partial charge in [-0.3, -0.25) is 14.9 Å². The second-order valence-electron chi connectivity index (χ2n) is 7.87. The molecule has 0 aromatic heterocycles. The van der Waals surface area contributed by atoms with Crippen molar-refractivity contribution in [2.75, 3.05) is 5.32 Å². The Bertz CT molecular complexity index is 1100. The van der Waals surface area contributed by atoms with Gasteiger partial charge in [-0.1, -0.05) is 62.4 Å². The molecule has 32 heavy (non-hydrogen) atoms. The molecule has 5 nitrogen and oxygen atoms in total. The smallest absolute Gasteiger partial charge is 0.257 e. The number of hydrogen-bond donors (Lipinski definition) is 3. The summed E-state index contributed by atoms with van der Waals surface area (Å²) in [4.78, 5) is 25.1. The zero-order valence-corrected chi connectivity index (χ0v) is 19.2. The lowest BCUT2D eigenvalue weighted by Crippen LogP contribution is -2.34. The SMILES string of the molecule is CC(C)c1ccc(C(=O)NC(=S)Nc2cccc(C(=O)NC(C)c3ccccc3)c2)cc1. The van der Waals surface area contributed by atoms with Crippen molar-refractivity contribution >= 4 is 34.8 Å². The Kier molecular flexibility index (Phi) is 7.73. The maximum atomic E-state index is 12.7. The van der Waals surface area contributed by atoms with Crippen LogP contribution in [0.5, 0.6) is 0 Å². The highest BCUT2D eigenvalue weighted by molar-refractivity contribution is 7.80. The summed E-state index contributed by atoms with van der Waals surface area (Å²) in [5.41, 5.74) is 3.84. The molecule has 0 bridgehead atoms. The first-order valence-corrected chi connectivity index (χ1v) is 10.9. The number of amides is 2. The summed E-state index contributed by atoms with van der Waals surface area (Å²) in [5, 5.41) is 8.80. The van der Waals surface area contributed by atoms with Crippen LogP contribution in [-0.2, 0) is 0 Å². The monoisotopic (exact) mass is 445 g/mol. The minimum atomic E-state index is -0.289. The third-order valence-electron chi connectivity index (χ3n) is 5.10. The molecule has 3 aromatic carbocycles. The molecule has 0 aliphatic rings. The molecule has 3 aromatic rings. The first-order valence-electron chi connectivity index (χ1n) is 10.5. The Morgan fingerprint density at radius 3 is 2.09 bits per heavy atom. The van der Waals surface area contributed by atoms with Gasteiger partial charge in [-0.15, -0.1) is 0 Å². The zero-order chi connectivity index (χ0) is 23.1. The predicted molar refractivity (Wildman–Crippen MR) is 133 cm³/mol. The number of carbonyl (C=O) groups is 2. The highest BCUT2D eigenvalue weighted by Crippen LogP contribution is 2.16. The number of benzene rings is 3. The Morgan fingerprint density at radius 1 is 0.750 bits per heavy atom. The van der Waals surface area contributed by atoms with Gasteiger partial charge in [-0.2, -0.15) is 0 Å². The van der Waals surface area contributed by atoms with E-state index in [0.717, 1.165) is 5.56 Å². The Labute approximate surface area is 194 Å². The Hall–Kier alpha value is -3.51. The number of nitrogens with one attached hydrogen (secondary N) is 3. The van der Waals surface area contributed by atoms with Gasteiger partial charge in [-0.25, -0.2) is 0 Å². The first kappa shape index (κ1) is 23.2. The fourth-order valence-electron chi connectivity index (χ4n) is 3.20. The normalized spacial score (nSPS) is 11.5. The van der Waals surface area contributed by atoms with Crippen LogP contribution in [0.3, 0.4) is 0 Å². The fraction of sp³-hybridized carbons (Fsp3) is 0.192. The van der Waals surface area contributed by atoms with E-state index in [1.807, 2.05) is 49.4 Å². The highest BCUT2D eigenvalue weighted by Gasteiger charge is 2.13. The predicted octanol–water partition coefficient (Wildman–Crippen LogP) is 5.43. The number of hydrogen-bond acceptors (Lipinski definition) is 3. The van der Waals surface area contributed by atoms with Gasteiger partial charge >= 0.3 is 0 Å². The summed E-state index contributed by atoms with van der Waals surface area (Å²) >= 11 is 5.28. The van der Waals surface area contributed by atoms with E-state index in [0.29, 0.717) is 22.7 Å². The van der Waals surface area contributed by atoms with E-state index in [-0.39, 0.29) is 23.0 Å². The van der Waals surface area contributed by atoms with Crippen LogP contribution in [0.4, 0.5) is 5.69 Å². The van der Waals surface area contributed by atoms with Crippen molar-refractivity contribution in [3.05, 3.63) is 101 Å². The third-order valence-corrected chi connectivity index (χ3v) is 5.30. The minimum Gasteiger partial charge on any atom is -0.346 e. The van der Waals surface area contributed by atoms with E-state index in [2.05, 4.69) is 29.8 Å². The van der Waals surface area contributed by atoms with Gasteiger partial charge in [0, 0.05) is 16.8 Å². The topological polar surface area (TPSA) is 70.2 Å². The molecule has 0 radical (unpaired) electrons. The maximum Gasteiger partial charge on any atom is 0.257 e. The van der Waals surface area contributed by atoms with Gasteiger partial charge in [-0.05, 0) is 66.5 Å². The van der Waals surface area contributed by atoms with Gasteiger partial charge in [0.1, 0.15) is 0 Å². The molecule has 0 saturated carbocycles. The van der Waals surface area contributed by atoms with E-state index in [1.165, 1.54) is 5.56 Å². The summed E-state index contributed by atoms with van der Waals surface area (Å²) in [5.74, 6) is -0.0800. The molecular formula is C26H27N3O2S. The van der Waals surface area contributed by atoms with Crippen LogP contribution in [0.25, 0.3) is 0 Å². The van der Waals surface area contributed by atoms with Crippen molar-refractivity contribution in [2.24, 2.45) is 0 Å². The van der Waals surface area contributed by atoms with Crippen molar-refractivity contribution in [3.63, 3.8) is 0 Å². The van der Waals surface area contributed by atoms with E-state index >= 15 is 0 Å². The second-order valence-corrected chi connectivity index (χ2v) is 8.28. The largest absolute Gasteiger partial charge is 0.346 e. The highest BCUT2D eigenvalue weighted by atomic mass is 32.1. The maximum absolute atomic E-state index is 12.7. The molecule has 0 spiro atoms. The molecule has 0 aliphatic heterocycles. The van der Waals surface area contributed by atoms with E-state index in [1.54, 1.807) is 36.4 Å². The van der Waals surface area contributed by atoms with Crippen LogP contribution in [-0.4, -0.2) is 16.9 Å². The molecular weight excluding hydrogens is 418 g/mol. The van der Waals surface area contributed by atoms with Gasteiger partial charge < -0.3 is 10.6 Å². The molecule has 0 fully saturated rings. The second kappa shape index (κ2) is 10.7. The lowest BCUT2D eigenvalue weighted by atomic mass is 10.0. The number of thiocarbonyl (C=S) groups is 1. The van der Waals surface area contributed by atoms with Crippen molar-refractivity contribution < 1.29 is 9.59 Å². The molecule has 2 amide bonds. The lowest BCUT2D eigenvalue weighted by molar-refractivity contribution is 0.0938. The van der Waals surface area contributed by atoms with Crippen molar-refractivity contribution in [3.8, 4) is 0 Å². The van der Waals surface area contributed by atoms with Crippen LogP contribution in [0, 0.1) is 0 Å². The zero-order valence-electron chi connectivity index (χ0n) is 18.4. The van der Waals surface area contributed by atoms with Crippen LogP contribution in [0.2, 0.25) is 0 Å². The summed E-state index contributed by atoms with van der Waals surface area (Å²) in [6.07, 6.45) is 0. The van der Waals surface area contributed by atoms with E-state index in [4.69, 9.17) is 12.2 Å². The van der Waals surface area contributed by atoms with Crippen LogP contribution in [0.1, 0.15) is 64.6 Å². The Balaban J connectivity index is 1.59. The molecule has 6 heteroatoms. The molecule has 0 saturated heterocycles.